The fourth-order valence-corrected chi connectivity index (χ4v) is 2.29. The maximum atomic E-state index is 5.94. The van der Waals surface area contributed by atoms with Crippen LogP contribution in [0.5, 0.6) is 0 Å². The van der Waals surface area contributed by atoms with Crippen molar-refractivity contribution in [2.45, 2.75) is 39.5 Å². The summed E-state index contributed by atoms with van der Waals surface area (Å²) in [7, 11) is 0. The number of ether oxygens (including phenoxy) is 1. The third-order valence-electron chi connectivity index (χ3n) is 2.95. The molecule has 1 aliphatic rings. The van der Waals surface area contributed by atoms with Gasteiger partial charge in [-0.15, -0.1) is 0 Å². The summed E-state index contributed by atoms with van der Waals surface area (Å²) in [4.78, 5) is 11.0. The lowest BCUT2D eigenvalue weighted by Gasteiger charge is -2.36. The van der Waals surface area contributed by atoms with Gasteiger partial charge in [0.15, 0.2) is 0 Å². The standard InChI is InChI=1S/C12H18ClN3O/c1-8-4-11(13)15-12(14-8)6-16-5-10(3)17-7-9(16)2/h4,9-10H,5-7H2,1-3H3. The Labute approximate surface area is 107 Å². The number of hydrogen-bond donors (Lipinski definition) is 0. The summed E-state index contributed by atoms with van der Waals surface area (Å²) in [6.07, 6.45) is 0.270. The summed E-state index contributed by atoms with van der Waals surface area (Å²) in [6, 6.07) is 2.17. The number of morpholine rings is 1. The molecule has 1 aromatic rings. The zero-order chi connectivity index (χ0) is 12.4. The van der Waals surface area contributed by atoms with Gasteiger partial charge in [0, 0.05) is 18.3 Å². The van der Waals surface area contributed by atoms with E-state index in [2.05, 4.69) is 28.7 Å². The Bertz CT molecular complexity index is 379. The Balaban J connectivity index is 2.08. The quantitative estimate of drug-likeness (QED) is 0.758. The molecule has 0 N–H and O–H groups in total. The Morgan fingerprint density at radius 1 is 1.47 bits per heavy atom. The van der Waals surface area contributed by atoms with Crippen LogP contribution in [0.15, 0.2) is 6.07 Å². The molecule has 0 bridgehead atoms. The summed E-state index contributed by atoms with van der Waals surface area (Å²) in [5.41, 5.74) is 0.911. The number of aromatic nitrogens is 2. The lowest BCUT2D eigenvalue weighted by atomic mass is 10.2. The summed E-state index contributed by atoms with van der Waals surface area (Å²) in [5, 5.41) is 0.515. The van der Waals surface area contributed by atoms with Gasteiger partial charge in [-0.25, -0.2) is 9.97 Å². The van der Waals surface area contributed by atoms with Crippen molar-refractivity contribution in [2.75, 3.05) is 13.2 Å². The predicted octanol–water partition coefficient (Wildman–Crippen LogP) is 2.05. The minimum atomic E-state index is 0.270. The van der Waals surface area contributed by atoms with Gasteiger partial charge in [-0.3, -0.25) is 4.90 Å². The van der Waals surface area contributed by atoms with Gasteiger partial charge in [-0.05, 0) is 26.8 Å². The Kier molecular flexibility index (Phi) is 3.97. The fourth-order valence-electron chi connectivity index (χ4n) is 2.03. The van der Waals surface area contributed by atoms with Crippen molar-refractivity contribution >= 4 is 11.6 Å². The van der Waals surface area contributed by atoms with Gasteiger partial charge >= 0.3 is 0 Å². The first kappa shape index (κ1) is 12.7. The van der Waals surface area contributed by atoms with E-state index in [-0.39, 0.29) is 6.10 Å². The largest absolute Gasteiger partial charge is 0.376 e. The van der Waals surface area contributed by atoms with Gasteiger partial charge in [0.1, 0.15) is 11.0 Å². The van der Waals surface area contributed by atoms with E-state index in [0.29, 0.717) is 11.2 Å². The highest BCUT2D eigenvalue weighted by Crippen LogP contribution is 2.15. The molecule has 5 heteroatoms. The Morgan fingerprint density at radius 2 is 2.24 bits per heavy atom. The molecule has 0 saturated carbocycles. The number of hydrogen-bond acceptors (Lipinski definition) is 4. The second-order valence-corrected chi connectivity index (χ2v) is 5.06. The molecule has 0 radical (unpaired) electrons. The van der Waals surface area contributed by atoms with Crippen molar-refractivity contribution in [3.05, 3.63) is 22.7 Å². The van der Waals surface area contributed by atoms with E-state index in [4.69, 9.17) is 16.3 Å². The molecule has 17 heavy (non-hydrogen) atoms. The molecule has 0 amide bonds. The van der Waals surface area contributed by atoms with Crippen LogP contribution >= 0.6 is 11.6 Å². The maximum absolute atomic E-state index is 5.94. The van der Waals surface area contributed by atoms with E-state index in [9.17, 15) is 0 Å². The van der Waals surface area contributed by atoms with Gasteiger partial charge in [0.2, 0.25) is 0 Å². The smallest absolute Gasteiger partial charge is 0.144 e. The Morgan fingerprint density at radius 3 is 2.94 bits per heavy atom. The molecule has 94 valence electrons. The first-order chi connectivity index (χ1) is 8.04. The monoisotopic (exact) mass is 255 g/mol. The van der Waals surface area contributed by atoms with Crippen LogP contribution in [-0.2, 0) is 11.3 Å². The van der Waals surface area contributed by atoms with Crippen LogP contribution in [0.2, 0.25) is 5.15 Å². The van der Waals surface area contributed by atoms with Gasteiger partial charge in [0.25, 0.3) is 0 Å². The van der Waals surface area contributed by atoms with Crippen LogP contribution in [0.25, 0.3) is 0 Å². The highest BCUT2D eigenvalue weighted by atomic mass is 35.5. The number of rotatable bonds is 2. The molecule has 2 unspecified atom stereocenters. The van der Waals surface area contributed by atoms with Crippen LogP contribution in [-0.4, -0.2) is 40.2 Å². The first-order valence-corrected chi connectivity index (χ1v) is 6.28. The summed E-state index contributed by atoms with van der Waals surface area (Å²) in [5.74, 6) is 0.788. The molecule has 1 aromatic heterocycles. The van der Waals surface area contributed by atoms with Crippen LogP contribution in [0.4, 0.5) is 0 Å². The van der Waals surface area contributed by atoms with Gasteiger partial charge in [-0.2, -0.15) is 0 Å². The molecule has 0 aromatic carbocycles. The van der Waals surface area contributed by atoms with Crippen molar-refractivity contribution in [3.63, 3.8) is 0 Å². The topological polar surface area (TPSA) is 38.2 Å². The van der Waals surface area contributed by atoms with E-state index in [1.165, 1.54) is 0 Å². The second-order valence-electron chi connectivity index (χ2n) is 4.67. The number of aryl methyl sites for hydroxylation is 1. The van der Waals surface area contributed by atoms with Crippen molar-refractivity contribution in [2.24, 2.45) is 0 Å². The van der Waals surface area contributed by atoms with Gasteiger partial charge < -0.3 is 4.74 Å². The van der Waals surface area contributed by atoms with E-state index >= 15 is 0 Å². The van der Waals surface area contributed by atoms with Crippen LogP contribution in [0.1, 0.15) is 25.4 Å². The zero-order valence-electron chi connectivity index (χ0n) is 10.5. The van der Waals surface area contributed by atoms with Crippen LogP contribution in [0.3, 0.4) is 0 Å². The first-order valence-electron chi connectivity index (χ1n) is 5.90. The average Bonchev–Trinajstić information content (AvgIpc) is 2.22. The molecule has 4 nitrogen and oxygen atoms in total. The summed E-state index contributed by atoms with van der Waals surface area (Å²) >= 11 is 5.94. The third kappa shape index (κ3) is 3.37. The highest BCUT2D eigenvalue weighted by Gasteiger charge is 2.24. The molecule has 0 spiro atoms. The molecule has 2 atom stereocenters. The highest BCUT2D eigenvalue weighted by molar-refractivity contribution is 6.29. The maximum Gasteiger partial charge on any atom is 0.144 e. The molecule has 1 saturated heterocycles. The summed E-state index contributed by atoms with van der Waals surface area (Å²) < 4.78 is 5.60. The Hall–Kier alpha value is -0.710. The normalized spacial score (nSPS) is 26.1. The van der Waals surface area contributed by atoms with Crippen molar-refractivity contribution in [1.29, 1.82) is 0 Å². The van der Waals surface area contributed by atoms with E-state index in [1.54, 1.807) is 6.07 Å². The lowest BCUT2D eigenvalue weighted by molar-refractivity contribution is -0.0535. The minimum absolute atomic E-state index is 0.270. The predicted molar refractivity (Wildman–Crippen MR) is 67.1 cm³/mol. The molecular formula is C12H18ClN3O. The molecule has 1 fully saturated rings. The van der Waals surface area contributed by atoms with Crippen molar-refractivity contribution in [3.8, 4) is 0 Å². The second kappa shape index (κ2) is 5.29. The summed E-state index contributed by atoms with van der Waals surface area (Å²) in [6.45, 7) is 8.59. The average molecular weight is 256 g/mol. The molecular weight excluding hydrogens is 238 g/mol. The molecule has 2 rings (SSSR count). The van der Waals surface area contributed by atoms with Gasteiger partial charge in [0.05, 0.1) is 19.3 Å². The van der Waals surface area contributed by atoms with Gasteiger partial charge in [-0.1, -0.05) is 11.6 Å². The van der Waals surface area contributed by atoms with Crippen LogP contribution < -0.4 is 0 Å². The van der Waals surface area contributed by atoms with Crippen LogP contribution in [0, 0.1) is 6.92 Å². The third-order valence-corrected chi connectivity index (χ3v) is 3.14. The van der Waals surface area contributed by atoms with E-state index in [0.717, 1.165) is 31.2 Å². The lowest BCUT2D eigenvalue weighted by Crippen LogP contribution is -2.46. The van der Waals surface area contributed by atoms with Crippen molar-refractivity contribution in [1.82, 2.24) is 14.9 Å². The van der Waals surface area contributed by atoms with E-state index < -0.39 is 0 Å². The van der Waals surface area contributed by atoms with Crippen molar-refractivity contribution < 1.29 is 4.74 Å². The fraction of sp³-hybridized carbons (Fsp3) is 0.667. The minimum Gasteiger partial charge on any atom is -0.376 e. The molecule has 0 aliphatic carbocycles. The molecule has 1 aliphatic heterocycles. The zero-order valence-corrected chi connectivity index (χ0v) is 11.2. The number of nitrogens with zero attached hydrogens (tertiary/aromatic N) is 3. The molecule has 2 heterocycles. The SMILES string of the molecule is Cc1cc(Cl)nc(CN2CC(C)OCC2C)n1. The van der Waals surface area contributed by atoms with E-state index in [1.807, 2.05) is 6.92 Å². The number of halogens is 1.